The number of pyridine rings is 2. The minimum absolute atomic E-state index is 0. The van der Waals surface area contributed by atoms with E-state index in [9.17, 15) is 0 Å². The van der Waals surface area contributed by atoms with E-state index in [2.05, 4.69) is 65.5 Å². The molecule has 0 aliphatic carbocycles. The van der Waals surface area contributed by atoms with Crippen LogP contribution in [0.2, 0.25) is 39.3 Å². The van der Waals surface area contributed by atoms with Gasteiger partial charge in [0.25, 0.3) is 0 Å². The van der Waals surface area contributed by atoms with Crippen molar-refractivity contribution in [1.29, 1.82) is 0 Å². The first-order valence-electron chi connectivity index (χ1n) is 11.3. The van der Waals surface area contributed by atoms with Gasteiger partial charge in [-0.1, -0.05) is 75.9 Å². The maximum absolute atomic E-state index is 4.95. The molecule has 9 heteroatoms. The summed E-state index contributed by atoms with van der Waals surface area (Å²) in [5, 5.41) is 11.8. The van der Waals surface area contributed by atoms with Gasteiger partial charge in [-0.2, -0.15) is 0 Å². The average molecular weight is 579 g/mol. The van der Waals surface area contributed by atoms with Crippen LogP contribution in [0.3, 0.4) is 0 Å². The van der Waals surface area contributed by atoms with E-state index in [1.54, 1.807) is 9.36 Å². The summed E-state index contributed by atoms with van der Waals surface area (Å²) in [5.74, 6) is 1.53. The third-order valence-electron chi connectivity index (χ3n) is 5.78. The van der Waals surface area contributed by atoms with Gasteiger partial charge in [-0.3, -0.25) is 20.2 Å². The molecule has 0 aromatic carbocycles. The smallest absolute Gasteiger partial charge is 0.344 e. The second-order valence-electron chi connectivity index (χ2n) is 11.0. The van der Waals surface area contributed by atoms with Crippen LogP contribution < -0.4 is 10.6 Å². The third kappa shape index (κ3) is 5.38. The zero-order chi connectivity index (χ0) is 24.0. The molecule has 0 spiro atoms. The summed E-state index contributed by atoms with van der Waals surface area (Å²) in [5.41, 5.74) is 1.45. The fraction of sp³-hybridized carbons (Fsp3) is 0.360. The van der Waals surface area contributed by atoms with E-state index in [0.29, 0.717) is 0 Å². The molecular formula is C25H32N6PdSi2. The van der Waals surface area contributed by atoms with Crippen molar-refractivity contribution in [2.75, 3.05) is 0 Å². The Kier molecular flexibility index (Phi) is 7.35. The number of hydrogen-bond acceptors (Lipinski definition) is 4. The molecular weight excluding hydrogens is 547 g/mol. The van der Waals surface area contributed by atoms with Crippen molar-refractivity contribution >= 4 is 26.8 Å². The monoisotopic (exact) mass is 578 g/mol. The fourth-order valence-corrected chi connectivity index (χ4v) is 5.25. The Morgan fingerprint density at radius 1 is 0.676 bits per heavy atom. The molecule has 0 N–H and O–H groups in total. The van der Waals surface area contributed by atoms with Gasteiger partial charge < -0.3 is 9.36 Å². The summed E-state index contributed by atoms with van der Waals surface area (Å²) in [6, 6.07) is 16.1. The number of aromatic nitrogens is 6. The topological polar surface area (TPSA) is 61.4 Å². The third-order valence-corrected chi connectivity index (χ3v) is 9.35. The molecule has 0 saturated heterocycles. The molecule has 4 aromatic heterocycles. The molecule has 0 aliphatic rings. The van der Waals surface area contributed by atoms with Crippen LogP contribution in [-0.2, 0) is 25.8 Å². The van der Waals surface area contributed by atoms with Gasteiger partial charge in [0.05, 0.1) is 11.6 Å². The minimum atomic E-state index is -1.51. The second-order valence-corrected chi connectivity index (χ2v) is 21.1. The first-order valence-corrected chi connectivity index (χ1v) is 18.3. The Morgan fingerprint density at radius 3 is 1.38 bits per heavy atom. The van der Waals surface area contributed by atoms with E-state index in [1.165, 1.54) is 0 Å². The number of nitrogens with zero attached hydrogens (tertiary/aromatic N) is 6. The van der Waals surface area contributed by atoms with E-state index in [4.69, 9.17) is 20.2 Å². The normalized spacial score (nSPS) is 12.5. The van der Waals surface area contributed by atoms with Crippen LogP contribution in [0.5, 0.6) is 0 Å². The van der Waals surface area contributed by atoms with Crippen LogP contribution in [0.4, 0.5) is 0 Å². The largest absolute Gasteiger partial charge is 2.00 e. The fourth-order valence-electron chi connectivity index (χ4n) is 3.45. The number of hydrogen-bond donors (Lipinski definition) is 0. The maximum atomic E-state index is 4.95. The Labute approximate surface area is 218 Å². The first-order chi connectivity index (χ1) is 15.4. The van der Waals surface area contributed by atoms with E-state index in [0.717, 1.165) is 33.7 Å². The summed E-state index contributed by atoms with van der Waals surface area (Å²) in [7, 11) is -3.01. The standard InChI is InChI=1S/C25H32N6Si2.Pd/c1-25(2,19-11-9-13-21(26-19)30-17-15-23(28-30)32(3,4)5)20-12-10-14-22(27-20)31-18-16-24(29-31)33(6,7)8;/h9-16H,1-8H3;/q-2;+2. The quantitative estimate of drug-likeness (QED) is 0.257. The van der Waals surface area contributed by atoms with Gasteiger partial charge in [0.2, 0.25) is 0 Å². The molecule has 0 aliphatic heterocycles. The SMILES string of the molecule is CC(C)(c1cccc(-n2[c-]cc([Si](C)(C)C)n2)n1)c1cccc(-n2[c-]cc([Si](C)(C)C)n2)n1.[Pd+2]. The molecule has 34 heavy (non-hydrogen) atoms. The van der Waals surface area contributed by atoms with Gasteiger partial charge >= 0.3 is 20.4 Å². The summed E-state index contributed by atoms with van der Waals surface area (Å²) >= 11 is 0. The van der Waals surface area contributed by atoms with Crippen molar-refractivity contribution in [1.82, 2.24) is 29.5 Å². The molecule has 4 aromatic rings. The van der Waals surface area contributed by atoms with Crippen LogP contribution >= 0.6 is 0 Å². The van der Waals surface area contributed by atoms with Crippen LogP contribution in [0.15, 0.2) is 48.5 Å². The van der Waals surface area contributed by atoms with Gasteiger partial charge in [-0.15, -0.1) is 12.1 Å². The van der Waals surface area contributed by atoms with E-state index in [1.807, 2.05) is 48.5 Å². The van der Waals surface area contributed by atoms with Crippen molar-refractivity contribution in [3.8, 4) is 11.6 Å². The molecule has 0 saturated carbocycles. The van der Waals surface area contributed by atoms with Crippen molar-refractivity contribution in [3.05, 3.63) is 72.3 Å². The van der Waals surface area contributed by atoms with E-state index >= 15 is 0 Å². The van der Waals surface area contributed by atoms with Crippen molar-refractivity contribution < 1.29 is 20.4 Å². The molecule has 0 amide bonds. The van der Waals surface area contributed by atoms with Crippen molar-refractivity contribution in [3.63, 3.8) is 0 Å². The van der Waals surface area contributed by atoms with E-state index < -0.39 is 21.6 Å². The second kappa shape index (κ2) is 9.46. The average Bonchev–Trinajstić information content (AvgIpc) is 3.44. The van der Waals surface area contributed by atoms with Gasteiger partial charge in [0.15, 0.2) is 0 Å². The minimum Gasteiger partial charge on any atom is -0.344 e. The zero-order valence-corrected chi connectivity index (χ0v) is 24.7. The zero-order valence-electron chi connectivity index (χ0n) is 21.1. The predicted molar refractivity (Wildman–Crippen MR) is 138 cm³/mol. The van der Waals surface area contributed by atoms with Crippen LogP contribution in [-0.4, -0.2) is 45.7 Å². The Hall–Kier alpha value is -2.18. The Balaban J connectivity index is 0.00000324. The van der Waals surface area contributed by atoms with Crippen molar-refractivity contribution in [2.45, 2.75) is 58.5 Å². The van der Waals surface area contributed by atoms with Crippen LogP contribution in [0.25, 0.3) is 11.6 Å². The molecule has 4 heterocycles. The summed E-state index contributed by atoms with van der Waals surface area (Å²) in [6.07, 6.45) is 6.48. The molecule has 4 rings (SSSR count). The molecule has 0 radical (unpaired) electrons. The number of rotatable bonds is 6. The molecule has 0 bridgehead atoms. The van der Waals surface area contributed by atoms with Crippen LogP contribution in [0.1, 0.15) is 25.2 Å². The van der Waals surface area contributed by atoms with Crippen LogP contribution in [0, 0.1) is 12.4 Å². The van der Waals surface area contributed by atoms with Gasteiger partial charge in [-0.05, 0) is 36.6 Å². The summed E-state index contributed by atoms with van der Waals surface area (Å²) in [4.78, 5) is 9.89. The summed E-state index contributed by atoms with van der Waals surface area (Å²) < 4.78 is 3.52. The van der Waals surface area contributed by atoms with Gasteiger partial charge in [0, 0.05) is 33.0 Å². The molecule has 0 fully saturated rings. The van der Waals surface area contributed by atoms with Gasteiger partial charge in [0.1, 0.15) is 0 Å². The first kappa shape index (κ1) is 26.4. The Morgan fingerprint density at radius 2 is 1.06 bits per heavy atom. The van der Waals surface area contributed by atoms with E-state index in [-0.39, 0.29) is 20.4 Å². The predicted octanol–water partition coefficient (Wildman–Crippen LogP) is 3.86. The maximum Gasteiger partial charge on any atom is 2.00 e. The molecule has 0 unspecified atom stereocenters. The molecule has 0 atom stereocenters. The van der Waals surface area contributed by atoms with Crippen molar-refractivity contribution in [2.24, 2.45) is 0 Å². The van der Waals surface area contributed by atoms with Gasteiger partial charge in [-0.25, -0.2) is 0 Å². The Bertz CT molecular complexity index is 1180. The molecule has 180 valence electrons. The molecule has 6 nitrogen and oxygen atoms in total. The summed E-state index contributed by atoms with van der Waals surface area (Å²) in [6.45, 7) is 18.0.